The van der Waals surface area contributed by atoms with Gasteiger partial charge in [-0.25, -0.2) is 14.3 Å². The zero-order valence-corrected chi connectivity index (χ0v) is 16.8. The van der Waals surface area contributed by atoms with Crippen molar-refractivity contribution in [1.82, 2.24) is 24.9 Å². The Morgan fingerprint density at radius 1 is 1.40 bits per heavy atom. The van der Waals surface area contributed by atoms with E-state index in [9.17, 15) is 10.1 Å². The smallest absolute Gasteiger partial charge is 0.407 e. The van der Waals surface area contributed by atoms with E-state index in [0.29, 0.717) is 35.0 Å². The fourth-order valence-electron chi connectivity index (χ4n) is 3.24. The lowest BCUT2D eigenvalue weighted by molar-refractivity contribution is 0.0801. The van der Waals surface area contributed by atoms with Gasteiger partial charge >= 0.3 is 6.09 Å². The van der Waals surface area contributed by atoms with Crippen LogP contribution in [0, 0.1) is 17.2 Å². The van der Waals surface area contributed by atoms with Crippen LogP contribution in [-0.4, -0.2) is 39.3 Å². The topological polar surface area (TPSA) is 114 Å². The van der Waals surface area contributed by atoms with Crippen molar-refractivity contribution in [3.8, 4) is 23.1 Å². The van der Waals surface area contributed by atoms with Crippen LogP contribution in [-0.2, 0) is 4.74 Å². The lowest BCUT2D eigenvalue weighted by atomic mass is 10.1. The Kier molecular flexibility index (Phi) is 5.48. The molecule has 9 nitrogen and oxygen atoms in total. The molecule has 1 N–H and O–H groups in total. The molecule has 1 unspecified atom stereocenters. The molecule has 1 fully saturated rings. The normalized spacial score (nSPS) is 14.2. The highest BCUT2D eigenvalue weighted by atomic mass is 16.6. The van der Waals surface area contributed by atoms with Crippen molar-refractivity contribution in [1.29, 1.82) is 5.26 Å². The minimum Gasteiger partial charge on any atom is -0.493 e. The fraction of sp³-hybridized carbons (Fsp3) is 0.381. The van der Waals surface area contributed by atoms with E-state index in [2.05, 4.69) is 26.5 Å². The Morgan fingerprint density at radius 3 is 2.93 bits per heavy atom. The minimum absolute atomic E-state index is 0.202. The molecule has 30 heavy (non-hydrogen) atoms. The molecule has 0 aliphatic heterocycles. The van der Waals surface area contributed by atoms with Gasteiger partial charge < -0.3 is 14.8 Å². The third-order valence-electron chi connectivity index (χ3n) is 4.91. The standard InChI is InChI=1S/C21H22N6O3/c1-3-8-24-21(28)30-18(14-4-5-14)19-25-20-17(29-2)7-6-16(27(20)26-19)15-9-13(10-22)11-23-12-15/h6-7,9,11-12,14,18H,3-5,8H2,1-2H3,(H,24,28). The Morgan fingerprint density at radius 2 is 2.23 bits per heavy atom. The van der Waals surface area contributed by atoms with E-state index >= 15 is 0 Å². The third kappa shape index (κ3) is 3.89. The number of hydrogen-bond acceptors (Lipinski definition) is 7. The van der Waals surface area contributed by atoms with Gasteiger partial charge in [0.25, 0.3) is 0 Å². The van der Waals surface area contributed by atoms with Crippen LogP contribution in [0.3, 0.4) is 0 Å². The predicted molar refractivity (Wildman–Crippen MR) is 108 cm³/mol. The number of carbonyl (C=O) groups excluding carboxylic acids is 1. The average Bonchev–Trinajstić information content (AvgIpc) is 3.52. The number of nitriles is 1. The van der Waals surface area contributed by atoms with Gasteiger partial charge in [-0.15, -0.1) is 5.10 Å². The fourth-order valence-corrected chi connectivity index (χ4v) is 3.24. The summed E-state index contributed by atoms with van der Waals surface area (Å²) in [5.74, 6) is 1.18. The van der Waals surface area contributed by atoms with E-state index in [1.807, 2.05) is 13.0 Å². The van der Waals surface area contributed by atoms with E-state index in [1.165, 1.54) is 6.20 Å². The second-order valence-corrected chi connectivity index (χ2v) is 7.16. The molecule has 0 bridgehead atoms. The molecule has 9 heteroatoms. The Bertz CT molecular complexity index is 1120. The van der Waals surface area contributed by atoms with Crippen LogP contribution in [0.5, 0.6) is 5.75 Å². The number of fused-ring (bicyclic) bond motifs is 1. The molecule has 0 aromatic carbocycles. The van der Waals surface area contributed by atoms with Crippen molar-refractivity contribution in [3.63, 3.8) is 0 Å². The molecule has 4 rings (SSSR count). The monoisotopic (exact) mass is 406 g/mol. The highest BCUT2D eigenvalue weighted by Crippen LogP contribution is 2.43. The third-order valence-corrected chi connectivity index (χ3v) is 4.91. The first-order valence-electron chi connectivity index (χ1n) is 9.88. The van der Waals surface area contributed by atoms with E-state index in [0.717, 1.165) is 24.8 Å². The highest BCUT2D eigenvalue weighted by molar-refractivity contribution is 5.68. The summed E-state index contributed by atoms with van der Waals surface area (Å²) in [6, 6.07) is 7.47. The summed E-state index contributed by atoms with van der Waals surface area (Å²) in [4.78, 5) is 20.9. The van der Waals surface area contributed by atoms with Crippen molar-refractivity contribution in [2.24, 2.45) is 5.92 Å². The second kappa shape index (κ2) is 8.37. The Balaban J connectivity index is 1.76. The molecule has 154 valence electrons. The lowest BCUT2D eigenvalue weighted by Crippen LogP contribution is -2.27. The van der Waals surface area contributed by atoms with Gasteiger partial charge in [0.1, 0.15) is 6.07 Å². The molecule has 0 radical (unpaired) electrons. The van der Waals surface area contributed by atoms with Gasteiger partial charge in [0, 0.05) is 30.4 Å². The zero-order valence-electron chi connectivity index (χ0n) is 16.8. The quantitative estimate of drug-likeness (QED) is 0.640. The summed E-state index contributed by atoms with van der Waals surface area (Å²) in [5.41, 5.74) is 2.39. The maximum Gasteiger partial charge on any atom is 0.407 e. The summed E-state index contributed by atoms with van der Waals surface area (Å²) in [6.07, 6.45) is 4.92. The van der Waals surface area contributed by atoms with Gasteiger partial charge in [-0.3, -0.25) is 4.98 Å². The first-order chi connectivity index (χ1) is 14.6. The number of methoxy groups -OCH3 is 1. The second-order valence-electron chi connectivity index (χ2n) is 7.16. The molecular weight excluding hydrogens is 384 g/mol. The average molecular weight is 406 g/mol. The maximum atomic E-state index is 12.2. The number of aromatic nitrogens is 4. The van der Waals surface area contributed by atoms with E-state index in [4.69, 9.17) is 9.47 Å². The van der Waals surface area contributed by atoms with Gasteiger partial charge in [-0.1, -0.05) is 6.92 Å². The molecule has 1 aliphatic carbocycles. The van der Waals surface area contributed by atoms with E-state index < -0.39 is 12.2 Å². The number of nitrogens with zero attached hydrogens (tertiary/aromatic N) is 5. The lowest BCUT2D eigenvalue weighted by Gasteiger charge is -2.14. The molecule has 1 atom stereocenters. The van der Waals surface area contributed by atoms with Crippen molar-refractivity contribution in [2.45, 2.75) is 32.3 Å². The molecular formula is C21H22N6O3. The van der Waals surface area contributed by atoms with Gasteiger partial charge in [-0.2, -0.15) is 5.26 Å². The summed E-state index contributed by atoms with van der Waals surface area (Å²) < 4.78 is 12.8. The first-order valence-corrected chi connectivity index (χ1v) is 9.88. The SMILES string of the molecule is CCCNC(=O)OC(c1nc2c(OC)ccc(-c3cncc(C#N)c3)n2n1)C1CC1. The highest BCUT2D eigenvalue weighted by Gasteiger charge is 2.38. The molecule has 1 saturated carbocycles. The van der Waals surface area contributed by atoms with Crippen molar-refractivity contribution < 1.29 is 14.3 Å². The summed E-state index contributed by atoms with van der Waals surface area (Å²) in [6.45, 7) is 2.53. The Hall–Kier alpha value is -3.67. The van der Waals surface area contributed by atoms with Crippen LogP contribution >= 0.6 is 0 Å². The predicted octanol–water partition coefficient (Wildman–Crippen LogP) is 3.26. The van der Waals surface area contributed by atoms with Crippen molar-refractivity contribution in [3.05, 3.63) is 42.0 Å². The van der Waals surface area contributed by atoms with E-state index in [-0.39, 0.29) is 5.92 Å². The van der Waals surface area contributed by atoms with Gasteiger partial charge in [0.15, 0.2) is 23.3 Å². The molecule has 3 aromatic heterocycles. The summed E-state index contributed by atoms with van der Waals surface area (Å²) >= 11 is 0. The summed E-state index contributed by atoms with van der Waals surface area (Å²) in [7, 11) is 1.56. The maximum absolute atomic E-state index is 12.2. The number of nitrogens with one attached hydrogen (secondary N) is 1. The molecule has 0 saturated heterocycles. The zero-order chi connectivity index (χ0) is 21.1. The number of pyridine rings is 2. The van der Waals surface area contributed by atoms with Crippen LogP contribution in [0.1, 0.15) is 43.7 Å². The number of alkyl carbamates (subject to hydrolysis) is 1. The number of rotatable bonds is 7. The van der Waals surface area contributed by atoms with Crippen LogP contribution < -0.4 is 10.1 Å². The van der Waals surface area contributed by atoms with Crippen LogP contribution in [0.25, 0.3) is 16.9 Å². The molecule has 1 aliphatic rings. The molecule has 0 spiro atoms. The Labute approximate surface area is 173 Å². The molecule has 1 amide bonds. The molecule has 3 aromatic rings. The minimum atomic E-state index is -0.525. The first kappa shape index (κ1) is 19.6. The van der Waals surface area contributed by atoms with Crippen LogP contribution in [0.15, 0.2) is 30.6 Å². The van der Waals surface area contributed by atoms with Gasteiger partial charge in [0.05, 0.1) is 18.4 Å². The van der Waals surface area contributed by atoms with Crippen molar-refractivity contribution in [2.75, 3.05) is 13.7 Å². The number of amides is 1. The van der Waals surface area contributed by atoms with Gasteiger partial charge in [-0.05, 0) is 37.5 Å². The number of hydrogen-bond donors (Lipinski definition) is 1. The molecule has 3 heterocycles. The van der Waals surface area contributed by atoms with Crippen LogP contribution in [0.4, 0.5) is 4.79 Å². The summed E-state index contributed by atoms with van der Waals surface area (Å²) in [5, 5.41) is 16.6. The van der Waals surface area contributed by atoms with Crippen molar-refractivity contribution >= 4 is 11.7 Å². The van der Waals surface area contributed by atoms with E-state index in [1.54, 1.807) is 30.0 Å². The number of ether oxygens (including phenoxy) is 2. The van der Waals surface area contributed by atoms with Gasteiger partial charge in [0.2, 0.25) is 0 Å². The number of carbonyl (C=O) groups is 1. The van der Waals surface area contributed by atoms with Crippen LogP contribution in [0.2, 0.25) is 0 Å². The largest absolute Gasteiger partial charge is 0.493 e.